The van der Waals surface area contributed by atoms with Gasteiger partial charge in [-0.25, -0.2) is 0 Å². The van der Waals surface area contributed by atoms with Crippen molar-refractivity contribution >= 4 is 61.6 Å². The van der Waals surface area contributed by atoms with Crippen molar-refractivity contribution in [3.8, 4) is 22.3 Å². The number of anilines is 3. The topological polar surface area (TPSA) is 3.24 Å². The Morgan fingerprint density at radius 1 is 0.357 bits per heavy atom. The molecule has 0 bridgehead atoms. The fourth-order valence-corrected chi connectivity index (χ4v) is 8.54. The third-order valence-corrected chi connectivity index (χ3v) is 10.6. The van der Waals surface area contributed by atoms with Crippen LogP contribution in [-0.4, -0.2) is 14.5 Å². The van der Waals surface area contributed by atoms with E-state index in [1.54, 1.807) is 0 Å². The van der Waals surface area contributed by atoms with Crippen molar-refractivity contribution in [1.82, 2.24) is 0 Å². The van der Waals surface area contributed by atoms with Gasteiger partial charge < -0.3 is 0 Å². The molecule has 1 nitrogen and oxygen atoms in total. The van der Waals surface area contributed by atoms with Crippen LogP contribution in [0.2, 0.25) is 0 Å². The second-order valence-corrected chi connectivity index (χ2v) is 12.8. The minimum atomic E-state index is 0.291. The predicted molar refractivity (Wildman–Crippen MR) is 181 cm³/mol. The van der Waals surface area contributed by atoms with Crippen molar-refractivity contribution < 1.29 is 0 Å². The van der Waals surface area contributed by atoms with E-state index in [1.807, 2.05) is 0 Å². The minimum absolute atomic E-state index is 0.291. The van der Waals surface area contributed by atoms with Gasteiger partial charge >= 0.3 is 247 Å². The molecule has 0 N–H and O–H groups in total. The van der Waals surface area contributed by atoms with Crippen molar-refractivity contribution in [3.05, 3.63) is 164 Å². The van der Waals surface area contributed by atoms with Gasteiger partial charge in [0.15, 0.2) is 0 Å². The predicted octanol–water partition coefficient (Wildman–Crippen LogP) is 11.0. The van der Waals surface area contributed by atoms with E-state index in [0.717, 1.165) is 11.4 Å². The first kappa shape index (κ1) is 24.9. The van der Waals surface area contributed by atoms with Gasteiger partial charge in [-0.1, -0.05) is 6.07 Å². The third kappa shape index (κ3) is 4.43. The summed E-state index contributed by atoms with van der Waals surface area (Å²) in [4.78, 5) is 2.40. The zero-order valence-electron chi connectivity index (χ0n) is 22.9. The SMILES string of the molecule is c1ccc(-c2ccc(N(c3cccc(-c4ccccc4)c3)c3ccc4ccc5c6ccccc6[se]c5c4c3)cc2)cc1. The summed E-state index contributed by atoms with van der Waals surface area (Å²) < 4.78 is 2.96. The standard InChI is InChI=1S/C40H27NSe/c1-3-10-28(11-4-1)30-18-22-33(23-19-30)41(34-15-9-14-32(26-34)29-12-5-2-6-13-29)35-24-20-31-21-25-37-36-16-7-8-17-39(36)42-40(37)38(31)27-35/h1-27H. The number of hydrogen-bond donors (Lipinski definition) is 0. The van der Waals surface area contributed by atoms with Gasteiger partial charge in [0.2, 0.25) is 0 Å². The van der Waals surface area contributed by atoms with Crippen molar-refractivity contribution in [3.63, 3.8) is 0 Å². The zero-order valence-corrected chi connectivity index (χ0v) is 24.7. The van der Waals surface area contributed by atoms with Crippen LogP contribution in [0.4, 0.5) is 17.1 Å². The molecule has 0 aliphatic carbocycles. The molecule has 0 atom stereocenters. The Bertz CT molecular complexity index is 2180. The molecule has 0 aliphatic rings. The molecule has 198 valence electrons. The van der Waals surface area contributed by atoms with Crippen LogP contribution >= 0.6 is 0 Å². The number of fused-ring (bicyclic) bond motifs is 5. The Morgan fingerprint density at radius 2 is 0.952 bits per heavy atom. The summed E-state index contributed by atoms with van der Waals surface area (Å²) >= 11 is 0.291. The maximum absolute atomic E-state index is 2.40. The molecule has 0 saturated carbocycles. The van der Waals surface area contributed by atoms with E-state index in [-0.39, 0.29) is 0 Å². The van der Waals surface area contributed by atoms with E-state index in [9.17, 15) is 0 Å². The molecular weight excluding hydrogens is 573 g/mol. The quantitative estimate of drug-likeness (QED) is 0.178. The van der Waals surface area contributed by atoms with Crippen LogP contribution in [0.5, 0.6) is 0 Å². The van der Waals surface area contributed by atoms with Gasteiger partial charge in [-0.2, -0.15) is 0 Å². The van der Waals surface area contributed by atoms with Crippen LogP contribution in [0, 0.1) is 0 Å². The molecule has 0 radical (unpaired) electrons. The van der Waals surface area contributed by atoms with Crippen LogP contribution in [0.1, 0.15) is 0 Å². The van der Waals surface area contributed by atoms with Crippen LogP contribution in [0.3, 0.4) is 0 Å². The summed E-state index contributed by atoms with van der Waals surface area (Å²) in [6.45, 7) is 0. The van der Waals surface area contributed by atoms with Gasteiger partial charge in [0.05, 0.1) is 0 Å². The Labute approximate surface area is 251 Å². The number of rotatable bonds is 5. The molecule has 1 aromatic heterocycles. The Balaban J connectivity index is 1.32. The summed E-state index contributed by atoms with van der Waals surface area (Å²) in [5.41, 5.74) is 8.32. The van der Waals surface area contributed by atoms with E-state index in [4.69, 9.17) is 0 Å². The summed E-state index contributed by atoms with van der Waals surface area (Å²) in [5, 5.41) is 5.43. The third-order valence-electron chi connectivity index (χ3n) is 8.05. The van der Waals surface area contributed by atoms with Crippen molar-refractivity contribution in [2.24, 2.45) is 0 Å². The van der Waals surface area contributed by atoms with Gasteiger partial charge in [0.1, 0.15) is 0 Å². The normalized spacial score (nSPS) is 11.3. The average molecular weight is 601 g/mol. The number of benzene rings is 7. The van der Waals surface area contributed by atoms with Gasteiger partial charge in [0.25, 0.3) is 0 Å². The Morgan fingerprint density at radius 3 is 1.74 bits per heavy atom. The summed E-state index contributed by atoms with van der Waals surface area (Å²) in [6, 6.07) is 59.5. The summed E-state index contributed by atoms with van der Waals surface area (Å²) in [5.74, 6) is 0. The second-order valence-electron chi connectivity index (χ2n) is 10.6. The zero-order chi connectivity index (χ0) is 27.9. The molecule has 2 heteroatoms. The van der Waals surface area contributed by atoms with Crippen LogP contribution in [-0.2, 0) is 0 Å². The first-order valence-corrected chi connectivity index (χ1v) is 16.0. The van der Waals surface area contributed by atoms with E-state index in [1.165, 1.54) is 58.0 Å². The van der Waals surface area contributed by atoms with Gasteiger partial charge in [-0.05, 0) is 0 Å². The second kappa shape index (κ2) is 10.5. The van der Waals surface area contributed by atoms with Gasteiger partial charge in [0, 0.05) is 0 Å². The van der Waals surface area contributed by atoms with Crippen LogP contribution < -0.4 is 4.90 Å². The molecular formula is C40H27NSe. The first-order chi connectivity index (χ1) is 20.8. The van der Waals surface area contributed by atoms with E-state index < -0.39 is 0 Å². The molecule has 0 unspecified atom stereocenters. The molecule has 8 aromatic rings. The average Bonchev–Trinajstić information content (AvgIpc) is 3.46. The Kier molecular flexibility index (Phi) is 6.22. The molecule has 1 heterocycles. The van der Waals surface area contributed by atoms with Crippen molar-refractivity contribution in [2.45, 2.75) is 0 Å². The molecule has 0 spiro atoms. The first-order valence-electron chi connectivity index (χ1n) is 14.3. The van der Waals surface area contributed by atoms with Crippen LogP contribution in [0.25, 0.3) is 52.3 Å². The molecule has 7 aromatic carbocycles. The molecule has 0 fully saturated rings. The number of hydrogen-bond acceptors (Lipinski definition) is 1. The molecule has 0 aliphatic heterocycles. The summed E-state index contributed by atoms with van der Waals surface area (Å²) in [6.07, 6.45) is 0. The maximum atomic E-state index is 2.40. The van der Waals surface area contributed by atoms with Crippen molar-refractivity contribution in [1.29, 1.82) is 0 Å². The van der Waals surface area contributed by atoms with E-state index >= 15 is 0 Å². The fourth-order valence-electron chi connectivity index (χ4n) is 5.97. The Hall–Kier alpha value is -4.88. The van der Waals surface area contributed by atoms with Gasteiger partial charge in [-0.3, -0.25) is 0 Å². The van der Waals surface area contributed by atoms with E-state index in [2.05, 4.69) is 169 Å². The number of nitrogens with zero attached hydrogens (tertiary/aromatic N) is 1. The van der Waals surface area contributed by atoms with Gasteiger partial charge in [-0.15, -0.1) is 0 Å². The van der Waals surface area contributed by atoms with Crippen LogP contribution in [0.15, 0.2) is 164 Å². The molecule has 0 amide bonds. The molecule has 8 rings (SSSR count). The van der Waals surface area contributed by atoms with E-state index in [0.29, 0.717) is 14.5 Å². The fraction of sp³-hybridized carbons (Fsp3) is 0. The molecule has 42 heavy (non-hydrogen) atoms. The molecule has 0 saturated heterocycles. The van der Waals surface area contributed by atoms with Crippen molar-refractivity contribution in [2.75, 3.05) is 4.90 Å². The monoisotopic (exact) mass is 601 g/mol. The summed E-state index contributed by atoms with van der Waals surface area (Å²) in [7, 11) is 0.